The Morgan fingerprint density at radius 2 is 0.857 bits per heavy atom. The summed E-state index contributed by atoms with van der Waals surface area (Å²) in [7, 11) is 0. The first kappa shape index (κ1) is 10.0. The fraction of sp³-hybridized carbons (Fsp3) is 1.00. The average molecular weight is 104 g/mol. The molecule has 0 aromatic carbocycles. The highest BCUT2D eigenvalue weighted by atomic mass is 16.0. The molecule has 7 heavy (non-hydrogen) atoms. The quantitative estimate of drug-likeness (QED) is 0.482. The van der Waals surface area contributed by atoms with Gasteiger partial charge in [0.15, 0.2) is 0 Å². The van der Waals surface area contributed by atoms with E-state index >= 15 is 0 Å². The summed E-state index contributed by atoms with van der Waals surface area (Å²) < 4.78 is 0. The van der Waals surface area contributed by atoms with Gasteiger partial charge in [0.05, 0.1) is 0 Å². The number of hydrogen-bond donors (Lipinski definition) is 0. The van der Waals surface area contributed by atoms with E-state index in [1.54, 1.807) is 0 Å². The summed E-state index contributed by atoms with van der Waals surface area (Å²) in [6, 6.07) is 0. The van der Waals surface area contributed by atoms with Crippen LogP contribution in [0.5, 0.6) is 0 Å². The Balaban J connectivity index is 0. The average Bonchev–Trinajstić information content (AvgIpc) is 1.36. The van der Waals surface area contributed by atoms with Gasteiger partial charge in [-0.2, -0.15) is 0 Å². The summed E-state index contributed by atoms with van der Waals surface area (Å²) in [6.07, 6.45) is 0. The van der Waals surface area contributed by atoms with Crippen LogP contribution in [0, 0.1) is 11.8 Å². The zero-order valence-electron chi connectivity index (χ0n) is 5.65. The maximum Gasteiger partial charge on any atom is -0.0448 e. The highest BCUT2D eigenvalue weighted by Crippen LogP contribution is 2.05. The molecule has 0 aliphatic heterocycles. The van der Waals surface area contributed by atoms with Gasteiger partial charge in [-0.05, 0) is 11.8 Å². The van der Waals surface area contributed by atoms with Crippen LogP contribution in [0.2, 0.25) is 0 Å². The Morgan fingerprint density at radius 3 is 0.857 bits per heavy atom. The Hall–Kier alpha value is -0.0400. The predicted molar refractivity (Wildman–Crippen MR) is 33.3 cm³/mol. The van der Waals surface area contributed by atoms with Crippen LogP contribution >= 0.6 is 0 Å². The topological polar surface area (TPSA) is 31.5 Å². The highest BCUT2D eigenvalue weighted by Gasteiger charge is 1.95. The lowest BCUT2D eigenvalue weighted by Gasteiger charge is -2.05. The second-order valence-electron chi connectivity index (χ2n) is 2.49. The molecule has 0 saturated carbocycles. The number of hydrogen-bond acceptors (Lipinski definition) is 0. The van der Waals surface area contributed by atoms with Crippen LogP contribution in [0.4, 0.5) is 0 Å². The third-order valence-corrected chi connectivity index (χ3v) is 1.33. The summed E-state index contributed by atoms with van der Waals surface area (Å²) in [5, 5.41) is 0. The monoisotopic (exact) mass is 104 g/mol. The molecular formula is C6H16O. The summed E-state index contributed by atoms with van der Waals surface area (Å²) in [6.45, 7) is 8.96. The van der Waals surface area contributed by atoms with Crippen LogP contribution in [-0.4, -0.2) is 5.48 Å². The van der Waals surface area contributed by atoms with Gasteiger partial charge < -0.3 is 5.48 Å². The molecule has 0 radical (unpaired) electrons. The van der Waals surface area contributed by atoms with Crippen molar-refractivity contribution in [1.29, 1.82) is 0 Å². The molecule has 0 unspecified atom stereocenters. The lowest BCUT2D eigenvalue weighted by atomic mass is 10.0. The molecule has 0 fully saturated rings. The van der Waals surface area contributed by atoms with Crippen molar-refractivity contribution in [1.82, 2.24) is 0 Å². The van der Waals surface area contributed by atoms with Crippen molar-refractivity contribution in [3.8, 4) is 0 Å². The molecule has 1 nitrogen and oxygen atoms in total. The molecule has 2 N–H and O–H groups in total. The fourth-order valence-corrected chi connectivity index (χ4v) is 0. The van der Waals surface area contributed by atoms with Crippen molar-refractivity contribution in [2.24, 2.45) is 11.8 Å². The Kier molecular flexibility index (Phi) is 5.93. The van der Waals surface area contributed by atoms with Gasteiger partial charge in [-0.15, -0.1) is 0 Å². The van der Waals surface area contributed by atoms with E-state index in [9.17, 15) is 0 Å². The van der Waals surface area contributed by atoms with Crippen molar-refractivity contribution in [3.63, 3.8) is 0 Å². The smallest absolute Gasteiger partial charge is 0.0448 e. The molecule has 0 spiro atoms. The van der Waals surface area contributed by atoms with Crippen LogP contribution in [0.15, 0.2) is 0 Å². The zero-order chi connectivity index (χ0) is 5.15. The third-order valence-electron chi connectivity index (χ3n) is 1.33. The highest BCUT2D eigenvalue weighted by molar-refractivity contribution is 4.46. The molecule has 0 atom stereocenters. The molecule has 0 rings (SSSR count). The third kappa shape index (κ3) is 5.96. The maximum absolute atomic E-state index is 2.24. The van der Waals surface area contributed by atoms with E-state index in [-0.39, 0.29) is 5.48 Å². The van der Waals surface area contributed by atoms with Gasteiger partial charge in [0.2, 0.25) is 0 Å². The van der Waals surface area contributed by atoms with E-state index in [1.165, 1.54) is 0 Å². The van der Waals surface area contributed by atoms with Crippen LogP contribution in [0.1, 0.15) is 27.7 Å². The normalized spacial score (nSPS) is 9.43. The molecule has 0 aliphatic rings. The Bertz CT molecular complexity index is 25.2. The van der Waals surface area contributed by atoms with Gasteiger partial charge in [-0.25, -0.2) is 0 Å². The van der Waals surface area contributed by atoms with Gasteiger partial charge >= 0.3 is 0 Å². The first-order valence-corrected chi connectivity index (χ1v) is 2.64. The van der Waals surface area contributed by atoms with Gasteiger partial charge in [-0.1, -0.05) is 27.7 Å². The Morgan fingerprint density at radius 1 is 0.714 bits per heavy atom. The summed E-state index contributed by atoms with van der Waals surface area (Å²) in [5.41, 5.74) is 0. The SMILES string of the molecule is CC(C)C(C)C.O. The maximum atomic E-state index is 2.24. The minimum Gasteiger partial charge on any atom is -0.412 e. The first-order valence-electron chi connectivity index (χ1n) is 2.64. The minimum absolute atomic E-state index is 0. The standard InChI is InChI=1S/C6H14.H2O/c1-5(2)6(3)4;/h5-6H,1-4H3;1H2. The van der Waals surface area contributed by atoms with Gasteiger partial charge in [0.1, 0.15) is 0 Å². The van der Waals surface area contributed by atoms with E-state index in [2.05, 4.69) is 27.7 Å². The molecular weight excluding hydrogens is 88.1 g/mol. The lowest BCUT2D eigenvalue weighted by molar-refractivity contribution is 0.457. The Labute approximate surface area is 46.0 Å². The zero-order valence-corrected chi connectivity index (χ0v) is 5.65. The summed E-state index contributed by atoms with van der Waals surface area (Å²) in [5.74, 6) is 1.70. The fourth-order valence-electron chi connectivity index (χ4n) is 0. The molecule has 0 saturated heterocycles. The summed E-state index contributed by atoms with van der Waals surface area (Å²) in [4.78, 5) is 0. The van der Waals surface area contributed by atoms with Crippen molar-refractivity contribution in [3.05, 3.63) is 0 Å². The molecule has 0 heterocycles. The first-order chi connectivity index (χ1) is 2.64. The molecule has 46 valence electrons. The molecule has 0 aliphatic carbocycles. The van der Waals surface area contributed by atoms with Crippen molar-refractivity contribution in [2.75, 3.05) is 0 Å². The van der Waals surface area contributed by atoms with E-state index < -0.39 is 0 Å². The van der Waals surface area contributed by atoms with Crippen LogP contribution in [0.25, 0.3) is 0 Å². The number of rotatable bonds is 1. The van der Waals surface area contributed by atoms with Crippen LogP contribution in [0.3, 0.4) is 0 Å². The van der Waals surface area contributed by atoms with Crippen molar-refractivity contribution < 1.29 is 5.48 Å². The van der Waals surface area contributed by atoms with E-state index in [0.29, 0.717) is 0 Å². The van der Waals surface area contributed by atoms with E-state index in [1.807, 2.05) is 0 Å². The lowest BCUT2D eigenvalue weighted by Crippen LogP contribution is -1.95. The molecule has 0 bridgehead atoms. The minimum atomic E-state index is 0. The summed E-state index contributed by atoms with van der Waals surface area (Å²) >= 11 is 0. The molecule has 0 aromatic heterocycles. The molecule has 0 amide bonds. The predicted octanol–water partition coefficient (Wildman–Crippen LogP) is 1.47. The van der Waals surface area contributed by atoms with E-state index in [0.717, 1.165) is 11.8 Å². The van der Waals surface area contributed by atoms with Crippen LogP contribution in [-0.2, 0) is 0 Å². The largest absolute Gasteiger partial charge is 0.412 e. The second kappa shape index (κ2) is 4.13. The molecule has 1 heteroatoms. The van der Waals surface area contributed by atoms with Crippen molar-refractivity contribution in [2.45, 2.75) is 27.7 Å². The van der Waals surface area contributed by atoms with Crippen molar-refractivity contribution >= 4 is 0 Å². The second-order valence-corrected chi connectivity index (χ2v) is 2.49. The van der Waals surface area contributed by atoms with E-state index in [4.69, 9.17) is 0 Å². The van der Waals surface area contributed by atoms with Gasteiger partial charge in [0, 0.05) is 0 Å². The van der Waals surface area contributed by atoms with Gasteiger partial charge in [-0.3, -0.25) is 0 Å². The molecule has 0 aromatic rings. The van der Waals surface area contributed by atoms with Crippen LogP contribution < -0.4 is 0 Å². The van der Waals surface area contributed by atoms with Gasteiger partial charge in [0.25, 0.3) is 0 Å².